The number of hydrogen-bond donors (Lipinski definition) is 3. The summed E-state index contributed by atoms with van der Waals surface area (Å²) in [5, 5.41) is 3.16. The van der Waals surface area contributed by atoms with Gasteiger partial charge in [-0.25, -0.2) is 0 Å². The van der Waals surface area contributed by atoms with Crippen molar-refractivity contribution in [2.45, 2.75) is 76.2 Å². The quantitative estimate of drug-likeness (QED) is 0.596. The molecule has 2 bridgehead atoms. The predicted octanol–water partition coefficient (Wildman–Crippen LogP) is 2.01. The van der Waals surface area contributed by atoms with Crippen LogP contribution in [0.15, 0.2) is 30.3 Å². The summed E-state index contributed by atoms with van der Waals surface area (Å²) in [5.41, 5.74) is 13.5. The van der Waals surface area contributed by atoms with Gasteiger partial charge in [0.15, 0.2) is 0 Å². The Balaban J connectivity index is 1.26. The molecule has 1 aromatic carbocycles. The highest BCUT2D eigenvalue weighted by Gasteiger charge is 2.69. The maximum Gasteiger partial charge on any atom is 0.482 e. The molecule has 5 fully saturated rings. The van der Waals surface area contributed by atoms with Gasteiger partial charge in [0, 0.05) is 5.92 Å². The van der Waals surface area contributed by atoms with E-state index in [9.17, 15) is 4.79 Å². The van der Waals surface area contributed by atoms with Gasteiger partial charge in [-0.3, -0.25) is 4.79 Å². The van der Waals surface area contributed by atoms with Gasteiger partial charge in [-0.05, 0) is 48.5 Å². The number of rotatable bonds is 7. The van der Waals surface area contributed by atoms with Gasteiger partial charge in [-0.15, -0.1) is 0 Å². The highest BCUT2D eigenvalue weighted by atomic mass is 16.7. The summed E-state index contributed by atoms with van der Waals surface area (Å²) in [6, 6.07) is 9.28. The zero-order valence-corrected chi connectivity index (χ0v) is 18.1. The molecule has 162 valence electrons. The number of amides is 1. The number of hydrogen-bond acceptors (Lipinski definition) is 5. The molecule has 0 aromatic heterocycles. The van der Waals surface area contributed by atoms with Gasteiger partial charge < -0.3 is 26.1 Å². The standard InChI is InChI=1S/C23H34BN3O3/c1-22(2)16-12-18(22)23(26)19(13-16)29-24(30-23)20(11-15-8-9-15)27-21(28)17(25)10-14-6-4-3-5-7-14/h3-7,15-20H,8-13,25-26H2,1-2H3,(H,27,28)/t16-,17?,18-,19+,20-,23-/m0/s1. The van der Waals surface area contributed by atoms with Gasteiger partial charge >= 0.3 is 7.12 Å². The Kier molecular flexibility index (Phi) is 5.01. The second kappa shape index (κ2) is 7.33. The molecule has 6 atom stereocenters. The SMILES string of the molecule is CC1(C)[C@@H]2C[C@H]3OB([C@H](CC4CC4)NC(=O)C(N)Cc4ccccc4)O[C@@]3(N)[C@H]1C2. The molecule has 6 nitrogen and oxygen atoms in total. The average molecular weight is 411 g/mol. The summed E-state index contributed by atoms with van der Waals surface area (Å²) in [6.07, 6.45) is 5.72. The summed E-state index contributed by atoms with van der Waals surface area (Å²) in [7, 11) is -0.497. The van der Waals surface area contributed by atoms with Crippen molar-refractivity contribution in [1.82, 2.24) is 5.32 Å². The van der Waals surface area contributed by atoms with Gasteiger partial charge in [-0.2, -0.15) is 0 Å². The Morgan fingerprint density at radius 2 is 2.00 bits per heavy atom. The summed E-state index contributed by atoms with van der Waals surface area (Å²) < 4.78 is 12.8. The Morgan fingerprint density at radius 1 is 1.27 bits per heavy atom. The Hall–Kier alpha value is -1.41. The molecule has 1 unspecified atom stereocenters. The zero-order chi connectivity index (χ0) is 21.1. The first-order valence-corrected chi connectivity index (χ1v) is 11.5. The van der Waals surface area contributed by atoms with Crippen LogP contribution in [-0.4, -0.2) is 36.8 Å². The lowest BCUT2D eigenvalue weighted by Crippen LogP contribution is -2.71. The largest absolute Gasteiger partial charge is 0.482 e. The van der Waals surface area contributed by atoms with Crippen molar-refractivity contribution >= 4 is 13.0 Å². The smallest absolute Gasteiger partial charge is 0.403 e. The lowest BCUT2D eigenvalue weighted by Gasteiger charge is -2.64. The van der Waals surface area contributed by atoms with Crippen molar-refractivity contribution in [3.8, 4) is 0 Å². The van der Waals surface area contributed by atoms with Crippen LogP contribution in [0.25, 0.3) is 0 Å². The minimum Gasteiger partial charge on any atom is -0.403 e. The van der Waals surface area contributed by atoms with E-state index in [0.29, 0.717) is 24.2 Å². The van der Waals surface area contributed by atoms with Crippen molar-refractivity contribution < 1.29 is 14.1 Å². The van der Waals surface area contributed by atoms with Crippen LogP contribution in [-0.2, 0) is 20.5 Å². The van der Waals surface area contributed by atoms with Gasteiger partial charge in [-0.1, -0.05) is 57.0 Å². The van der Waals surface area contributed by atoms with Crippen LogP contribution in [0.4, 0.5) is 0 Å². The number of carbonyl (C=O) groups is 1. The van der Waals surface area contributed by atoms with Crippen LogP contribution < -0.4 is 16.8 Å². The van der Waals surface area contributed by atoms with Crippen LogP contribution in [0.3, 0.4) is 0 Å². The molecule has 5 N–H and O–H groups in total. The molecule has 6 rings (SSSR count). The Morgan fingerprint density at radius 3 is 2.67 bits per heavy atom. The topological polar surface area (TPSA) is 99.6 Å². The predicted molar refractivity (Wildman–Crippen MR) is 116 cm³/mol. The average Bonchev–Trinajstić information content (AvgIpc) is 3.45. The van der Waals surface area contributed by atoms with Gasteiger partial charge in [0.2, 0.25) is 5.91 Å². The molecule has 1 aliphatic heterocycles. The first-order valence-electron chi connectivity index (χ1n) is 11.5. The third kappa shape index (κ3) is 3.50. The summed E-state index contributed by atoms with van der Waals surface area (Å²) >= 11 is 0. The van der Waals surface area contributed by atoms with E-state index in [1.807, 2.05) is 30.3 Å². The van der Waals surface area contributed by atoms with Crippen LogP contribution in [0.2, 0.25) is 0 Å². The first-order chi connectivity index (χ1) is 14.3. The molecule has 1 saturated heterocycles. The minimum absolute atomic E-state index is 0.0872. The lowest BCUT2D eigenvalue weighted by molar-refractivity contribution is -0.205. The molecule has 30 heavy (non-hydrogen) atoms. The molecule has 0 spiro atoms. The van der Waals surface area contributed by atoms with Crippen molar-refractivity contribution in [2.75, 3.05) is 0 Å². The number of carbonyl (C=O) groups excluding carboxylic acids is 1. The van der Waals surface area contributed by atoms with E-state index in [2.05, 4.69) is 19.2 Å². The Bertz CT molecular complexity index is 802. The summed E-state index contributed by atoms with van der Waals surface area (Å²) in [6.45, 7) is 4.58. The van der Waals surface area contributed by atoms with Crippen molar-refractivity contribution in [2.24, 2.45) is 34.6 Å². The molecule has 5 aliphatic rings. The van der Waals surface area contributed by atoms with Gasteiger partial charge in [0.25, 0.3) is 0 Å². The fraction of sp³-hybridized carbons (Fsp3) is 0.696. The fourth-order valence-corrected chi connectivity index (χ4v) is 5.94. The number of nitrogens with two attached hydrogens (primary N) is 2. The van der Waals surface area contributed by atoms with Crippen LogP contribution in [0.1, 0.15) is 51.5 Å². The van der Waals surface area contributed by atoms with Crippen molar-refractivity contribution in [3.63, 3.8) is 0 Å². The van der Waals surface area contributed by atoms with Crippen LogP contribution >= 0.6 is 0 Å². The second-order valence-corrected chi connectivity index (χ2v) is 10.6. The van der Waals surface area contributed by atoms with Crippen LogP contribution in [0, 0.1) is 23.2 Å². The highest BCUT2D eigenvalue weighted by Crippen LogP contribution is 2.64. The third-order valence-corrected chi connectivity index (χ3v) is 8.21. The van der Waals surface area contributed by atoms with Crippen molar-refractivity contribution in [3.05, 3.63) is 35.9 Å². The normalized spacial score (nSPS) is 35.9. The molecule has 1 aromatic rings. The molecule has 4 aliphatic carbocycles. The number of nitrogens with one attached hydrogen (secondary N) is 1. The van der Waals surface area contributed by atoms with Crippen molar-refractivity contribution in [1.29, 1.82) is 0 Å². The first kappa shape index (κ1) is 20.5. The Labute approximate surface area is 179 Å². The second-order valence-electron chi connectivity index (χ2n) is 10.6. The maximum absolute atomic E-state index is 12.9. The molecular formula is C23H34BN3O3. The van der Waals surface area contributed by atoms with E-state index >= 15 is 0 Å². The zero-order valence-electron chi connectivity index (χ0n) is 18.1. The molecule has 4 saturated carbocycles. The third-order valence-electron chi connectivity index (χ3n) is 8.21. The summed E-state index contributed by atoms with van der Waals surface area (Å²) in [4.78, 5) is 12.9. The monoisotopic (exact) mass is 411 g/mol. The molecule has 1 heterocycles. The summed E-state index contributed by atoms with van der Waals surface area (Å²) in [5.74, 6) is 1.20. The molecule has 7 heteroatoms. The molecule has 0 radical (unpaired) electrons. The van der Waals surface area contributed by atoms with E-state index in [-0.39, 0.29) is 23.4 Å². The minimum atomic E-state index is -0.748. The van der Waals surface area contributed by atoms with Crippen LogP contribution in [0.5, 0.6) is 0 Å². The van der Waals surface area contributed by atoms with E-state index in [1.165, 1.54) is 12.8 Å². The lowest BCUT2D eigenvalue weighted by atomic mass is 9.45. The fourth-order valence-electron chi connectivity index (χ4n) is 5.94. The van der Waals surface area contributed by atoms with E-state index in [4.69, 9.17) is 20.8 Å². The highest BCUT2D eigenvalue weighted by molar-refractivity contribution is 6.47. The van der Waals surface area contributed by atoms with E-state index in [1.54, 1.807) is 0 Å². The molecular weight excluding hydrogens is 377 g/mol. The maximum atomic E-state index is 12.9. The number of benzene rings is 1. The van der Waals surface area contributed by atoms with E-state index < -0.39 is 18.9 Å². The van der Waals surface area contributed by atoms with Gasteiger partial charge in [0.05, 0.1) is 18.1 Å². The van der Waals surface area contributed by atoms with E-state index in [0.717, 1.165) is 24.8 Å². The van der Waals surface area contributed by atoms with Gasteiger partial charge in [0.1, 0.15) is 5.72 Å². The molecule has 1 amide bonds.